The number of halogens is 1. The Kier molecular flexibility index (Phi) is 5.56. The lowest BCUT2D eigenvalue weighted by Crippen LogP contribution is -2.35. The topological polar surface area (TPSA) is 94.5 Å². The minimum atomic E-state index is -0.812. The summed E-state index contributed by atoms with van der Waals surface area (Å²) >= 11 is 6.13. The molecule has 3 aromatic rings. The van der Waals surface area contributed by atoms with Crippen molar-refractivity contribution in [3.05, 3.63) is 53.1 Å². The quantitative estimate of drug-likeness (QED) is 0.624. The molecule has 0 fully saturated rings. The number of nitrogens with one attached hydrogen (secondary N) is 2. The van der Waals surface area contributed by atoms with Gasteiger partial charge in [0.1, 0.15) is 23.4 Å². The summed E-state index contributed by atoms with van der Waals surface area (Å²) in [5.41, 5.74) is 2.71. The Morgan fingerprint density at radius 1 is 1.19 bits per heavy atom. The van der Waals surface area contributed by atoms with E-state index in [1.807, 2.05) is 19.1 Å². The molecule has 0 saturated carbocycles. The molecule has 2 aromatic carbocycles. The van der Waals surface area contributed by atoms with E-state index in [4.69, 9.17) is 21.1 Å². The summed E-state index contributed by atoms with van der Waals surface area (Å²) in [5, 5.41) is 10.9. The lowest BCUT2D eigenvalue weighted by atomic mass is 10.1. The molecule has 1 unspecified atom stereocenters. The van der Waals surface area contributed by atoms with Gasteiger partial charge in [0, 0.05) is 40.0 Å². The lowest BCUT2D eigenvalue weighted by molar-refractivity contribution is -0.125. The molecule has 8 nitrogen and oxygen atoms in total. The summed E-state index contributed by atoms with van der Waals surface area (Å²) in [6.45, 7) is 1.85. The fraction of sp³-hybridized carbons (Fsp3) is 0.227. The normalized spacial score (nSPS) is 15.1. The van der Waals surface area contributed by atoms with Crippen LogP contribution in [0, 0.1) is 6.92 Å². The van der Waals surface area contributed by atoms with Crippen LogP contribution in [0.4, 0.5) is 11.5 Å². The highest BCUT2D eigenvalue weighted by Crippen LogP contribution is 2.35. The number of hydrogen-bond acceptors (Lipinski definition) is 5. The van der Waals surface area contributed by atoms with Gasteiger partial charge in [-0.3, -0.25) is 9.59 Å². The van der Waals surface area contributed by atoms with Gasteiger partial charge in [0.25, 0.3) is 0 Å². The molecular weight excluding hydrogens is 420 g/mol. The molecule has 1 aromatic heterocycles. The fourth-order valence-electron chi connectivity index (χ4n) is 3.56. The Balaban J connectivity index is 1.69. The third kappa shape index (κ3) is 4.06. The van der Waals surface area contributed by atoms with Crippen LogP contribution in [-0.2, 0) is 9.59 Å². The maximum absolute atomic E-state index is 13.1. The van der Waals surface area contributed by atoms with Crippen LogP contribution >= 0.6 is 11.6 Å². The Bertz CT molecular complexity index is 1150. The molecule has 0 saturated heterocycles. The van der Waals surface area contributed by atoms with E-state index in [1.165, 1.54) is 14.2 Å². The third-order valence-corrected chi connectivity index (χ3v) is 5.33. The van der Waals surface area contributed by atoms with Crippen LogP contribution in [0.2, 0.25) is 5.02 Å². The van der Waals surface area contributed by atoms with Crippen molar-refractivity contribution < 1.29 is 19.1 Å². The first kappa shape index (κ1) is 20.7. The molecule has 31 heavy (non-hydrogen) atoms. The van der Waals surface area contributed by atoms with Crippen molar-refractivity contribution in [2.75, 3.05) is 24.9 Å². The number of methoxy groups -OCH3 is 2. The number of amides is 2. The molecule has 2 N–H and O–H groups in total. The third-order valence-electron chi connectivity index (χ3n) is 5.10. The zero-order valence-electron chi connectivity index (χ0n) is 17.2. The molecule has 0 bridgehead atoms. The van der Waals surface area contributed by atoms with Gasteiger partial charge in [0.05, 0.1) is 26.3 Å². The first-order valence-corrected chi connectivity index (χ1v) is 9.96. The van der Waals surface area contributed by atoms with Gasteiger partial charge < -0.3 is 20.1 Å². The van der Waals surface area contributed by atoms with Gasteiger partial charge in [-0.2, -0.15) is 5.10 Å². The van der Waals surface area contributed by atoms with Crippen molar-refractivity contribution in [1.82, 2.24) is 9.78 Å². The minimum Gasteiger partial charge on any atom is -0.497 e. The van der Waals surface area contributed by atoms with Crippen molar-refractivity contribution in [2.24, 2.45) is 0 Å². The van der Waals surface area contributed by atoms with Gasteiger partial charge in [-0.1, -0.05) is 23.7 Å². The van der Waals surface area contributed by atoms with Crippen molar-refractivity contribution in [1.29, 1.82) is 0 Å². The van der Waals surface area contributed by atoms with Gasteiger partial charge in [-0.25, -0.2) is 4.68 Å². The Morgan fingerprint density at radius 2 is 1.90 bits per heavy atom. The highest BCUT2D eigenvalue weighted by atomic mass is 35.5. The number of hydrogen-bond donors (Lipinski definition) is 2. The summed E-state index contributed by atoms with van der Waals surface area (Å²) in [6, 6.07) is 11.5. The highest BCUT2D eigenvalue weighted by molar-refractivity contribution is 6.30. The molecule has 160 valence electrons. The van der Waals surface area contributed by atoms with E-state index < -0.39 is 6.04 Å². The van der Waals surface area contributed by atoms with Crippen molar-refractivity contribution in [2.45, 2.75) is 19.4 Å². The minimum absolute atomic E-state index is 0.0317. The molecule has 1 atom stereocenters. The van der Waals surface area contributed by atoms with Crippen LogP contribution in [-0.4, -0.2) is 35.8 Å². The second-order valence-corrected chi connectivity index (χ2v) is 7.57. The van der Waals surface area contributed by atoms with E-state index in [2.05, 4.69) is 15.7 Å². The van der Waals surface area contributed by atoms with Gasteiger partial charge in [0.2, 0.25) is 11.8 Å². The molecule has 9 heteroatoms. The monoisotopic (exact) mass is 440 g/mol. The molecule has 2 heterocycles. The number of carbonyl (C=O) groups is 2. The molecular formula is C22H21ClN4O4. The average molecular weight is 441 g/mol. The van der Waals surface area contributed by atoms with Gasteiger partial charge in [0.15, 0.2) is 0 Å². The number of rotatable bonds is 5. The SMILES string of the molecule is COc1cc(NC(=O)C2CC(=O)Nc3c(C)c(-c4cccc(Cl)c4)nn32)cc(OC)c1. The summed E-state index contributed by atoms with van der Waals surface area (Å²) in [6.07, 6.45) is -0.0317. The Labute approximate surface area is 184 Å². The van der Waals surface area contributed by atoms with E-state index >= 15 is 0 Å². The first-order valence-electron chi connectivity index (χ1n) is 9.58. The second kappa shape index (κ2) is 8.31. The van der Waals surface area contributed by atoms with E-state index in [0.29, 0.717) is 33.7 Å². The van der Waals surface area contributed by atoms with Crippen molar-refractivity contribution in [3.63, 3.8) is 0 Å². The number of aromatic nitrogens is 2. The number of fused-ring (bicyclic) bond motifs is 1. The van der Waals surface area contributed by atoms with E-state index in [9.17, 15) is 9.59 Å². The molecule has 0 aliphatic carbocycles. The molecule has 2 amide bonds. The number of nitrogens with zero attached hydrogens (tertiary/aromatic N) is 2. The first-order chi connectivity index (χ1) is 14.9. The highest BCUT2D eigenvalue weighted by Gasteiger charge is 2.34. The van der Waals surface area contributed by atoms with Gasteiger partial charge in [-0.05, 0) is 19.1 Å². The average Bonchev–Trinajstić information content (AvgIpc) is 3.09. The Hall–Kier alpha value is -3.52. The van der Waals surface area contributed by atoms with E-state index in [1.54, 1.807) is 35.0 Å². The maximum Gasteiger partial charge on any atom is 0.249 e. The van der Waals surface area contributed by atoms with E-state index in [0.717, 1.165) is 11.1 Å². The van der Waals surface area contributed by atoms with Gasteiger partial charge >= 0.3 is 0 Å². The fourth-order valence-corrected chi connectivity index (χ4v) is 3.75. The van der Waals surface area contributed by atoms with Crippen LogP contribution in [0.3, 0.4) is 0 Å². The van der Waals surface area contributed by atoms with Crippen molar-refractivity contribution >= 4 is 34.9 Å². The second-order valence-electron chi connectivity index (χ2n) is 7.14. The number of carbonyl (C=O) groups excluding carboxylic acids is 2. The predicted octanol–water partition coefficient (Wildman–Crippen LogP) is 4.05. The zero-order valence-corrected chi connectivity index (χ0v) is 18.0. The largest absolute Gasteiger partial charge is 0.497 e. The Morgan fingerprint density at radius 3 is 2.55 bits per heavy atom. The number of benzene rings is 2. The summed E-state index contributed by atoms with van der Waals surface area (Å²) in [4.78, 5) is 25.5. The number of anilines is 2. The smallest absolute Gasteiger partial charge is 0.249 e. The maximum atomic E-state index is 13.1. The summed E-state index contributed by atoms with van der Waals surface area (Å²) in [7, 11) is 3.06. The molecule has 1 aliphatic heterocycles. The molecule has 4 rings (SSSR count). The van der Waals surface area contributed by atoms with Crippen LogP contribution in [0.15, 0.2) is 42.5 Å². The zero-order chi connectivity index (χ0) is 22.1. The van der Waals surface area contributed by atoms with Crippen LogP contribution < -0.4 is 20.1 Å². The predicted molar refractivity (Wildman–Crippen MR) is 118 cm³/mol. The van der Waals surface area contributed by atoms with Crippen LogP contribution in [0.1, 0.15) is 18.0 Å². The van der Waals surface area contributed by atoms with Crippen LogP contribution in [0.25, 0.3) is 11.3 Å². The molecule has 0 radical (unpaired) electrons. The molecule has 0 spiro atoms. The standard InChI is InChI=1S/C22H21ClN4O4/c1-12-20(13-5-4-6-14(23)7-13)26-27-18(11-19(28)25-21(12)27)22(29)24-15-8-16(30-2)10-17(9-15)31-3/h4-10,18H,11H2,1-3H3,(H,24,29)(H,25,28). The van der Waals surface area contributed by atoms with Crippen LogP contribution in [0.5, 0.6) is 11.5 Å². The lowest BCUT2D eigenvalue weighted by Gasteiger charge is -2.24. The van der Waals surface area contributed by atoms with Gasteiger partial charge in [-0.15, -0.1) is 0 Å². The van der Waals surface area contributed by atoms with E-state index in [-0.39, 0.29) is 18.2 Å². The summed E-state index contributed by atoms with van der Waals surface area (Å²) in [5.74, 6) is 0.947. The summed E-state index contributed by atoms with van der Waals surface area (Å²) < 4.78 is 12.1. The molecule has 1 aliphatic rings. The van der Waals surface area contributed by atoms with Crippen molar-refractivity contribution in [3.8, 4) is 22.8 Å². The number of ether oxygens (including phenoxy) is 2.